The standard InChI is InChI=1S/C17H20ClN5O2S/c18-12-2-1-3-13(8-12)22-4-6-23(7-5-22)16(24)10-20-17(25)14-11-26-15(9-19)21-14/h1-3,8,11H,4-7,9-10,19H2,(H,20,25). The van der Waals surface area contributed by atoms with E-state index in [9.17, 15) is 9.59 Å². The molecule has 3 rings (SSSR count). The van der Waals surface area contributed by atoms with E-state index < -0.39 is 0 Å². The molecule has 2 aromatic rings. The van der Waals surface area contributed by atoms with Crippen molar-refractivity contribution >= 4 is 40.4 Å². The van der Waals surface area contributed by atoms with Crippen molar-refractivity contribution in [2.75, 3.05) is 37.6 Å². The minimum atomic E-state index is -0.355. The third kappa shape index (κ3) is 4.51. The van der Waals surface area contributed by atoms with Crippen molar-refractivity contribution < 1.29 is 9.59 Å². The summed E-state index contributed by atoms with van der Waals surface area (Å²) in [6.45, 7) is 2.93. The quantitative estimate of drug-likeness (QED) is 0.799. The zero-order valence-electron chi connectivity index (χ0n) is 14.2. The fraction of sp³-hybridized carbons (Fsp3) is 0.353. The Labute approximate surface area is 160 Å². The predicted molar refractivity (Wildman–Crippen MR) is 103 cm³/mol. The molecule has 1 fully saturated rings. The van der Waals surface area contributed by atoms with Crippen molar-refractivity contribution in [3.05, 3.63) is 45.4 Å². The highest BCUT2D eigenvalue weighted by Crippen LogP contribution is 2.20. The molecular weight excluding hydrogens is 374 g/mol. The molecule has 138 valence electrons. The van der Waals surface area contributed by atoms with Crippen molar-refractivity contribution in [3.8, 4) is 0 Å². The third-order valence-electron chi connectivity index (χ3n) is 4.16. The minimum Gasteiger partial charge on any atom is -0.368 e. The van der Waals surface area contributed by atoms with Gasteiger partial charge in [-0.3, -0.25) is 9.59 Å². The second kappa shape index (κ2) is 8.48. The number of aromatic nitrogens is 1. The van der Waals surface area contributed by atoms with Gasteiger partial charge in [0.25, 0.3) is 5.91 Å². The van der Waals surface area contributed by atoms with E-state index in [1.54, 1.807) is 10.3 Å². The lowest BCUT2D eigenvalue weighted by molar-refractivity contribution is -0.130. The fourth-order valence-corrected chi connectivity index (χ4v) is 3.59. The lowest BCUT2D eigenvalue weighted by Crippen LogP contribution is -2.51. The number of piperazine rings is 1. The van der Waals surface area contributed by atoms with E-state index in [0.29, 0.717) is 35.4 Å². The maximum Gasteiger partial charge on any atom is 0.271 e. The number of amides is 2. The molecule has 1 aromatic heterocycles. The largest absolute Gasteiger partial charge is 0.368 e. The van der Waals surface area contributed by atoms with Crippen LogP contribution in [0.1, 0.15) is 15.5 Å². The summed E-state index contributed by atoms with van der Waals surface area (Å²) in [5.74, 6) is -0.453. The van der Waals surface area contributed by atoms with Crippen molar-refractivity contribution in [1.82, 2.24) is 15.2 Å². The number of benzene rings is 1. The van der Waals surface area contributed by atoms with Crippen LogP contribution >= 0.6 is 22.9 Å². The van der Waals surface area contributed by atoms with E-state index in [0.717, 1.165) is 18.8 Å². The number of hydrogen-bond donors (Lipinski definition) is 2. The van der Waals surface area contributed by atoms with Gasteiger partial charge in [-0.15, -0.1) is 11.3 Å². The number of anilines is 1. The van der Waals surface area contributed by atoms with Gasteiger partial charge in [-0.2, -0.15) is 0 Å². The Morgan fingerprint density at radius 1 is 1.27 bits per heavy atom. The van der Waals surface area contributed by atoms with Gasteiger partial charge in [0.15, 0.2) is 0 Å². The smallest absolute Gasteiger partial charge is 0.271 e. The van der Waals surface area contributed by atoms with Crippen LogP contribution in [0.5, 0.6) is 0 Å². The van der Waals surface area contributed by atoms with E-state index in [2.05, 4.69) is 15.2 Å². The molecule has 0 aliphatic carbocycles. The topological polar surface area (TPSA) is 91.6 Å². The molecule has 2 heterocycles. The maximum absolute atomic E-state index is 12.3. The molecule has 0 bridgehead atoms. The van der Waals surface area contributed by atoms with Crippen molar-refractivity contribution in [2.45, 2.75) is 6.54 Å². The second-order valence-electron chi connectivity index (χ2n) is 5.86. The summed E-state index contributed by atoms with van der Waals surface area (Å²) in [7, 11) is 0. The first-order valence-corrected chi connectivity index (χ1v) is 9.53. The average molecular weight is 394 g/mol. The molecule has 0 spiro atoms. The summed E-state index contributed by atoms with van der Waals surface area (Å²) in [4.78, 5) is 32.4. The monoisotopic (exact) mass is 393 g/mol. The van der Waals surface area contributed by atoms with Crippen LogP contribution in [0.3, 0.4) is 0 Å². The molecule has 2 amide bonds. The van der Waals surface area contributed by atoms with Crippen LogP contribution in [0.15, 0.2) is 29.6 Å². The molecule has 1 aromatic carbocycles. The van der Waals surface area contributed by atoms with Gasteiger partial charge in [-0.05, 0) is 18.2 Å². The first-order chi connectivity index (χ1) is 12.6. The molecule has 7 nitrogen and oxygen atoms in total. The number of rotatable bonds is 5. The van der Waals surface area contributed by atoms with Gasteiger partial charge in [0.1, 0.15) is 10.7 Å². The Bertz CT molecular complexity index is 789. The highest BCUT2D eigenvalue weighted by molar-refractivity contribution is 7.09. The molecule has 1 saturated heterocycles. The molecule has 26 heavy (non-hydrogen) atoms. The van der Waals surface area contributed by atoms with E-state index >= 15 is 0 Å². The van der Waals surface area contributed by atoms with Crippen LogP contribution in [0, 0.1) is 0 Å². The van der Waals surface area contributed by atoms with Gasteiger partial charge in [0.05, 0.1) is 6.54 Å². The first kappa shape index (κ1) is 18.6. The van der Waals surface area contributed by atoms with Gasteiger partial charge in [0.2, 0.25) is 5.91 Å². The van der Waals surface area contributed by atoms with Gasteiger partial charge >= 0.3 is 0 Å². The van der Waals surface area contributed by atoms with Crippen LogP contribution in [-0.4, -0.2) is 54.4 Å². The number of nitrogens with zero attached hydrogens (tertiary/aromatic N) is 3. The number of carbonyl (C=O) groups is 2. The molecule has 0 radical (unpaired) electrons. The average Bonchev–Trinajstić information content (AvgIpc) is 3.15. The lowest BCUT2D eigenvalue weighted by Gasteiger charge is -2.36. The SMILES string of the molecule is NCc1nc(C(=O)NCC(=O)N2CCN(c3cccc(Cl)c3)CC2)cs1. The minimum absolute atomic E-state index is 0.0362. The molecule has 9 heteroatoms. The van der Waals surface area contributed by atoms with E-state index in [1.807, 2.05) is 24.3 Å². The second-order valence-corrected chi connectivity index (χ2v) is 7.24. The van der Waals surface area contributed by atoms with Crippen molar-refractivity contribution in [2.24, 2.45) is 5.73 Å². The Morgan fingerprint density at radius 3 is 2.69 bits per heavy atom. The molecule has 1 aliphatic heterocycles. The number of hydrogen-bond acceptors (Lipinski definition) is 6. The Balaban J connectivity index is 1.47. The summed E-state index contributed by atoms with van der Waals surface area (Å²) in [6.07, 6.45) is 0. The summed E-state index contributed by atoms with van der Waals surface area (Å²) < 4.78 is 0. The Hall–Kier alpha value is -2.16. The van der Waals surface area contributed by atoms with E-state index in [4.69, 9.17) is 17.3 Å². The van der Waals surface area contributed by atoms with E-state index in [1.165, 1.54) is 11.3 Å². The van der Waals surface area contributed by atoms with Crippen LogP contribution in [0.4, 0.5) is 5.69 Å². The van der Waals surface area contributed by atoms with Crippen molar-refractivity contribution in [3.63, 3.8) is 0 Å². The fourth-order valence-electron chi connectivity index (χ4n) is 2.75. The molecular formula is C17H20ClN5O2S. The molecule has 1 aliphatic rings. The van der Waals surface area contributed by atoms with Crippen LogP contribution in [0.2, 0.25) is 5.02 Å². The summed E-state index contributed by atoms with van der Waals surface area (Å²) in [6, 6.07) is 7.68. The zero-order chi connectivity index (χ0) is 18.5. The van der Waals surface area contributed by atoms with Gasteiger partial charge in [-0.25, -0.2) is 4.98 Å². The molecule has 3 N–H and O–H groups in total. The Kier molecular flexibility index (Phi) is 6.08. The highest BCUT2D eigenvalue weighted by atomic mass is 35.5. The first-order valence-electron chi connectivity index (χ1n) is 8.28. The third-order valence-corrected chi connectivity index (χ3v) is 5.27. The van der Waals surface area contributed by atoms with Crippen molar-refractivity contribution in [1.29, 1.82) is 0 Å². The van der Waals surface area contributed by atoms with Crippen LogP contribution < -0.4 is 16.0 Å². The van der Waals surface area contributed by atoms with Crippen LogP contribution in [-0.2, 0) is 11.3 Å². The maximum atomic E-state index is 12.3. The zero-order valence-corrected chi connectivity index (χ0v) is 15.7. The number of nitrogens with two attached hydrogens (primary N) is 1. The number of thiazole rings is 1. The molecule has 0 atom stereocenters. The Morgan fingerprint density at radius 2 is 2.04 bits per heavy atom. The summed E-state index contributed by atoms with van der Waals surface area (Å²) in [5.41, 5.74) is 6.84. The van der Waals surface area contributed by atoms with Crippen LogP contribution in [0.25, 0.3) is 0 Å². The predicted octanol–water partition coefficient (Wildman–Crippen LogP) is 1.33. The number of halogens is 1. The highest BCUT2D eigenvalue weighted by Gasteiger charge is 2.22. The summed E-state index contributed by atoms with van der Waals surface area (Å²) in [5, 5.41) is 5.66. The van der Waals surface area contributed by atoms with E-state index in [-0.39, 0.29) is 18.4 Å². The van der Waals surface area contributed by atoms with Gasteiger partial charge in [0, 0.05) is 48.8 Å². The summed E-state index contributed by atoms with van der Waals surface area (Å²) >= 11 is 7.36. The van der Waals surface area contributed by atoms with Gasteiger partial charge < -0.3 is 20.9 Å². The normalized spacial score (nSPS) is 14.4. The number of carbonyl (C=O) groups excluding carboxylic acids is 2. The number of nitrogens with one attached hydrogen (secondary N) is 1. The van der Waals surface area contributed by atoms with Gasteiger partial charge in [-0.1, -0.05) is 17.7 Å². The molecule has 0 saturated carbocycles. The lowest BCUT2D eigenvalue weighted by atomic mass is 10.2. The molecule has 0 unspecified atom stereocenters.